The monoisotopic (exact) mass is 333 g/mol. The summed E-state index contributed by atoms with van der Waals surface area (Å²) in [5.74, 6) is -2.05. The molecule has 0 spiro atoms. The summed E-state index contributed by atoms with van der Waals surface area (Å²) in [6.07, 6.45) is 0.531. The van der Waals surface area contributed by atoms with E-state index in [0.29, 0.717) is 18.5 Å². The molecule has 0 radical (unpaired) electrons. The van der Waals surface area contributed by atoms with Gasteiger partial charge in [0.2, 0.25) is 0 Å². The molecule has 2 rings (SSSR count). The van der Waals surface area contributed by atoms with E-state index >= 15 is 0 Å². The van der Waals surface area contributed by atoms with Crippen LogP contribution in [0.25, 0.3) is 0 Å². The van der Waals surface area contributed by atoms with Crippen LogP contribution in [-0.2, 0) is 16.0 Å². The number of ether oxygens (including phenoxy) is 1. The Morgan fingerprint density at radius 1 is 1.08 bits per heavy atom. The molecule has 126 valence electrons. The van der Waals surface area contributed by atoms with Crippen molar-refractivity contribution < 1.29 is 23.1 Å². The number of benzene rings is 2. The molecule has 1 N–H and O–H groups in total. The Balaban J connectivity index is 1.73. The molecule has 0 atom stereocenters. The summed E-state index contributed by atoms with van der Waals surface area (Å²) >= 11 is 0. The lowest BCUT2D eigenvalue weighted by molar-refractivity contribution is -0.124. The van der Waals surface area contributed by atoms with Crippen LogP contribution in [0, 0.1) is 18.6 Å². The minimum absolute atomic E-state index is 0.0530. The second-order valence-electron chi connectivity index (χ2n) is 5.27. The highest BCUT2D eigenvalue weighted by Gasteiger charge is 2.11. The van der Waals surface area contributed by atoms with E-state index in [-0.39, 0.29) is 11.4 Å². The number of carbonyl (C=O) groups excluding carboxylic acids is 2. The van der Waals surface area contributed by atoms with Crippen molar-refractivity contribution in [2.45, 2.75) is 13.3 Å². The zero-order valence-corrected chi connectivity index (χ0v) is 13.1. The van der Waals surface area contributed by atoms with E-state index in [1.807, 2.05) is 0 Å². The van der Waals surface area contributed by atoms with Crippen molar-refractivity contribution in [1.29, 1.82) is 0 Å². The molecule has 0 unspecified atom stereocenters. The van der Waals surface area contributed by atoms with Gasteiger partial charge in [-0.1, -0.05) is 18.2 Å². The van der Waals surface area contributed by atoms with Crippen LogP contribution in [0.15, 0.2) is 42.5 Å². The van der Waals surface area contributed by atoms with Crippen LogP contribution in [0.3, 0.4) is 0 Å². The van der Waals surface area contributed by atoms with Crippen LogP contribution in [-0.4, -0.2) is 25.0 Å². The van der Waals surface area contributed by atoms with Gasteiger partial charge in [-0.25, -0.2) is 13.6 Å². The van der Waals surface area contributed by atoms with Gasteiger partial charge >= 0.3 is 5.97 Å². The Hall–Kier alpha value is -2.76. The Morgan fingerprint density at radius 2 is 1.79 bits per heavy atom. The number of carbonyl (C=O) groups is 2. The Labute approximate surface area is 138 Å². The van der Waals surface area contributed by atoms with Gasteiger partial charge in [0.15, 0.2) is 6.61 Å². The van der Waals surface area contributed by atoms with Crippen molar-refractivity contribution in [2.75, 3.05) is 13.2 Å². The van der Waals surface area contributed by atoms with E-state index in [1.54, 1.807) is 19.1 Å². The molecule has 24 heavy (non-hydrogen) atoms. The minimum atomic E-state index is -0.761. The average molecular weight is 333 g/mol. The topological polar surface area (TPSA) is 55.4 Å². The molecule has 0 aliphatic carbocycles. The fourth-order valence-electron chi connectivity index (χ4n) is 1.98. The third kappa shape index (κ3) is 5.15. The summed E-state index contributed by atoms with van der Waals surface area (Å²) in [4.78, 5) is 23.4. The molecule has 0 aliphatic rings. The van der Waals surface area contributed by atoms with Crippen LogP contribution in [0.1, 0.15) is 21.5 Å². The van der Waals surface area contributed by atoms with Gasteiger partial charge in [-0.2, -0.15) is 0 Å². The predicted octanol–water partition coefficient (Wildman–Crippen LogP) is 2.79. The first-order valence-electron chi connectivity index (χ1n) is 7.40. The summed E-state index contributed by atoms with van der Waals surface area (Å²) in [5, 5.41) is 2.59. The Bertz CT molecular complexity index is 730. The molecule has 0 aromatic heterocycles. The number of hydrogen-bond donors (Lipinski definition) is 1. The molecule has 0 fully saturated rings. The number of amides is 1. The highest BCUT2D eigenvalue weighted by atomic mass is 19.1. The summed E-state index contributed by atoms with van der Waals surface area (Å²) in [6.45, 7) is 1.47. The first-order chi connectivity index (χ1) is 11.5. The maximum Gasteiger partial charge on any atom is 0.338 e. The molecule has 1 amide bonds. The summed E-state index contributed by atoms with van der Waals surface area (Å²) in [6, 6.07) is 9.94. The second-order valence-corrected chi connectivity index (χ2v) is 5.27. The molecular formula is C18H17F2NO3. The molecule has 4 nitrogen and oxygen atoms in total. The van der Waals surface area contributed by atoms with E-state index in [1.165, 1.54) is 24.3 Å². The van der Waals surface area contributed by atoms with Crippen molar-refractivity contribution in [2.24, 2.45) is 0 Å². The van der Waals surface area contributed by atoms with Crippen LogP contribution < -0.4 is 5.32 Å². The van der Waals surface area contributed by atoms with Crippen molar-refractivity contribution in [3.8, 4) is 0 Å². The molecule has 2 aromatic carbocycles. The summed E-state index contributed by atoms with van der Waals surface area (Å²) in [5.41, 5.74) is 1.35. The zero-order chi connectivity index (χ0) is 17.5. The first-order valence-corrected chi connectivity index (χ1v) is 7.40. The summed E-state index contributed by atoms with van der Waals surface area (Å²) in [7, 11) is 0. The predicted molar refractivity (Wildman–Crippen MR) is 84.5 cm³/mol. The van der Waals surface area contributed by atoms with E-state index in [4.69, 9.17) is 4.74 Å². The molecular weight excluding hydrogens is 316 g/mol. The minimum Gasteiger partial charge on any atom is -0.452 e. The van der Waals surface area contributed by atoms with E-state index in [0.717, 1.165) is 11.6 Å². The number of aryl methyl sites for hydroxylation is 1. The molecule has 0 bridgehead atoms. The van der Waals surface area contributed by atoms with Crippen molar-refractivity contribution in [3.63, 3.8) is 0 Å². The number of nitrogens with one attached hydrogen (secondary N) is 1. The molecule has 0 saturated carbocycles. The van der Waals surface area contributed by atoms with Gasteiger partial charge in [0, 0.05) is 6.54 Å². The van der Waals surface area contributed by atoms with Gasteiger partial charge in [0.25, 0.3) is 5.91 Å². The molecule has 2 aromatic rings. The third-order valence-corrected chi connectivity index (χ3v) is 3.39. The number of halogens is 2. The van der Waals surface area contributed by atoms with Crippen LogP contribution in [0.2, 0.25) is 0 Å². The van der Waals surface area contributed by atoms with Crippen molar-refractivity contribution in [3.05, 3.63) is 70.8 Å². The van der Waals surface area contributed by atoms with Crippen LogP contribution in [0.4, 0.5) is 8.78 Å². The Morgan fingerprint density at radius 3 is 2.46 bits per heavy atom. The molecule has 0 saturated heterocycles. The fourth-order valence-corrected chi connectivity index (χ4v) is 1.98. The van der Waals surface area contributed by atoms with Gasteiger partial charge in [-0.15, -0.1) is 0 Å². The molecule has 0 aliphatic heterocycles. The second kappa shape index (κ2) is 8.19. The van der Waals surface area contributed by atoms with E-state index < -0.39 is 24.3 Å². The van der Waals surface area contributed by atoms with Crippen molar-refractivity contribution in [1.82, 2.24) is 5.32 Å². The lowest BCUT2D eigenvalue weighted by atomic mass is 10.1. The number of rotatable bonds is 6. The normalized spacial score (nSPS) is 10.3. The van der Waals surface area contributed by atoms with E-state index in [9.17, 15) is 18.4 Å². The molecule has 6 heteroatoms. The summed E-state index contributed by atoms with van der Waals surface area (Å²) < 4.78 is 31.0. The van der Waals surface area contributed by atoms with E-state index in [2.05, 4.69) is 5.32 Å². The van der Waals surface area contributed by atoms with Gasteiger partial charge in [0.05, 0.1) is 5.56 Å². The number of esters is 1. The maximum absolute atomic E-state index is 13.4. The van der Waals surface area contributed by atoms with Gasteiger partial charge in [-0.05, 0) is 48.7 Å². The van der Waals surface area contributed by atoms with Crippen LogP contribution in [0.5, 0.6) is 0 Å². The standard InChI is InChI=1S/C18H17F2NO3/c1-12-2-5-14(10-16(12)20)18(23)24-11-17(22)21-9-8-13-3-6-15(19)7-4-13/h2-7,10H,8-9,11H2,1H3,(H,21,22). The highest BCUT2D eigenvalue weighted by Crippen LogP contribution is 2.10. The van der Waals surface area contributed by atoms with Crippen molar-refractivity contribution >= 4 is 11.9 Å². The lowest BCUT2D eigenvalue weighted by Crippen LogP contribution is -2.30. The zero-order valence-electron chi connectivity index (χ0n) is 13.1. The lowest BCUT2D eigenvalue weighted by Gasteiger charge is -2.07. The van der Waals surface area contributed by atoms with Crippen LogP contribution >= 0.6 is 0 Å². The quantitative estimate of drug-likeness (QED) is 0.827. The van der Waals surface area contributed by atoms with Gasteiger partial charge in [0.1, 0.15) is 11.6 Å². The fraction of sp³-hybridized carbons (Fsp3) is 0.222. The van der Waals surface area contributed by atoms with Gasteiger partial charge < -0.3 is 10.1 Å². The molecule has 0 heterocycles. The van der Waals surface area contributed by atoms with Gasteiger partial charge in [-0.3, -0.25) is 4.79 Å². The number of hydrogen-bond acceptors (Lipinski definition) is 3. The average Bonchev–Trinajstić information content (AvgIpc) is 2.57. The maximum atomic E-state index is 13.4. The largest absolute Gasteiger partial charge is 0.452 e. The SMILES string of the molecule is Cc1ccc(C(=O)OCC(=O)NCCc2ccc(F)cc2)cc1F. The Kier molecular flexibility index (Phi) is 6.01. The first kappa shape index (κ1) is 17.6. The highest BCUT2D eigenvalue weighted by molar-refractivity contribution is 5.91. The third-order valence-electron chi connectivity index (χ3n) is 3.39. The smallest absolute Gasteiger partial charge is 0.338 e.